The van der Waals surface area contributed by atoms with Crippen molar-refractivity contribution in [2.24, 2.45) is 0 Å². The maximum Gasteiger partial charge on any atom is 0.341 e. The molecule has 0 saturated heterocycles. The second kappa shape index (κ2) is 12.9. The number of benzene rings is 1. The number of thiophene rings is 1. The van der Waals surface area contributed by atoms with Crippen LogP contribution in [0.5, 0.6) is 5.75 Å². The van der Waals surface area contributed by atoms with Gasteiger partial charge >= 0.3 is 5.97 Å². The molecule has 0 aliphatic rings. The highest BCUT2D eigenvalue weighted by molar-refractivity contribution is 7.99. The highest BCUT2D eigenvalue weighted by atomic mass is 32.2. The average Bonchev–Trinajstić information content (AvgIpc) is 3.46. The summed E-state index contributed by atoms with van der Waals surface area (Å²) in [5, 5.41) is 12.2. The van der Waals surface area contributed by atoms with Crippen molar-refractivity contribution in [1.82, 2.24) is 19.7 Å². The Morgan fingerprint density at radius 2 is 1.80 bits per heavy atom. The van der Waals surface area contributed by atoms with E-state index < -0.39 is 5.97 Å². The summed E-state index contributed by atoms with van der Waals surface area (Å²) in [5.41, 5.74) is 1.92. The van der Waals surface area contributed by atoms with Crippen LogP contribution in [0.25, 0.3) is 0 Å². The standard InChI is InChI=1S/C28H37N5O5S2/c1-10-33-23(17(3)38-19-13-11-18(12-14-19)28(4,5)6)30-31-27(33)39-15-20(34)29-24-21(26(36)37-9)16(2)22(40-24)25(35)32(7)8/h11-14,17H,10,15H2,1-9H3,(H,29,34). The number of esters is 1. The van der Waals surface area contributed by atoms with E-state index in [1.54, 1.807) is 21.0 Å². The van der Waals surface area contributed by atoms with Crippen molar-refractivity contribution in [2.75, 3.05) is 32.3 Å². The molecule has 0 fully saturated rings. The Bertz CT molecular complexity index is 1370. The van der Waals surface area contributed by atoms with Crippen molar-refractivity contribution >= 4 is 45.9 Å². The zero-order valence-corrected chi connectivity index (χ0v) is 26.1. The van der Waals surface area contributed by atoms with E-state index in [9.17, 15) is 14.4 Å². The molecule has 12 heteroatoms. The fourth-order valence-electron chi connectivity index (χ4n) is 3.94. The fraction of sp³-hybridized carbons (Fsp3) is 0.464. The first-order valence-electron chi connectivity index (χ1n) is 12.8. The Kier molecular flexibility index (Phi) is 10.0. The number of anilines is 1. The van der Waals surface area contributed by atoms with Gasteiger partial charge in [0.1, 0.15) is 10.8 Å². The number of methoxy groups -OCH3 is 1. The van der Waals surface area contributed by atoms with Crippen LogP contribution in [0.2, 0.25) is 0 Å². The molecule has 2 amide bonds. The molecular weight excluding hydrogens is 550 g/mol. The number of ether oxygens (including phenoxy) is 2. The highest BCUT2D eigenvalue weighted by Gasteiger charge is 2.27. The first-order chi connectivity index (χ1) is 18.8. The third kappa shape index (κ3) is 7.03. The van der Waals surface area contributed by atoms with Gasteiger partial charge < -0.3 is 24.3 Å². The molecule has 0 radical (unpaired) electrons. The molecule has 3 aromatic rings. The van der Waals surface area contributed by atoms with Gasteiger partial charge in [-0.15, -0.1) is 21.5 Å². The smallest absolute Gasteiger partial charge is 0.341 e. The van der Waals surface area contributed by atoms with Crippen molar-refractivity contribution in [2.45, 2.75) is 64.8 Å². The molecule has 1 atom stereocenters. The molecule has 2 heterocycles. The molecule has 0 saturated carbocycles. The second-order valence-corrected chi connectivity index (χ2v) is 12.4. The molecule has 1 aromatic carbocycles. The van der Waals surface area contributed by atoms with Gasteiger partial charge in [-0.1, -0.05) is 44.7 Å². The normalized spacial score (nSPS) is 12.1. The molecule has 0 bridgehead atoms. The Hall–Kier alpha value is -3.38. The lowest BCUT2D eigenvalue weighted by Crippen LogP contribution is -2.21. The Balaban J connectivity index is 1.71. The van der Waals surface area contributed by atoms with E-state index in [4.69, 9.17) is 9.47 Å². The Morgan fingerprint density at radius 3 is 2.35 bits per heavy atom. The zero-order chi connectivity index (χ0) is 29.8. The van der Waals surface area contributed by atoms with Gasteiger partial charge in [0.25, 0.3) is 5.91 Å². The van der Waals surface area contributed by atoms with Crippen LogP contribution in [0.3, 0.4) is 0 Å². The predicted molar refractivity (Wildman–Crippen MR) is 158 cm³/mol. The summed E-state index contributed by atoms with van der Waals surface area (Å²) in [4.78, 5) is 39.7. The van der Waals surface area contributed by atoms with Crippen molar-refractivity contribution < 1.29 is 23.9 Å². The van der Waals surface area contributed by atoms with E-state index in [-0.39, 0.29) is 39.7 Å². The largest absolute Gasteiger partial charge is 0.483 e. The van der Waals surface area contributed by atoms with E-state index in [1.807, 2.05) is 30.5 Å². The minimum absolute atomic E-state index is 0.0240. The molecule has 0 aliphatic heterocycles. The number of rotatable bonds is 10. The van der Waals surface area contributed by atoms with Crippen LogP contribution >= 0.6 is 23.1 Å². The molecule has 40 heavy (non-hydrogen) atoms. The number of hydrogen-bond acceptors (Lipinski definition) is 9. The number of thioether (sulfide) groups is 1. The van der Waals surface area contributed by atoms with Gasteiger partial charge in [-0.25, -0.2) is 4.79 Å². The molecule has 2 aromatic heterocycles. The summed E-state index contributed by atoms with van der Waals surface area (Å²) in [6.45, 7) is 12.6. The molecule has 0 aliphatic carbocycles. The van der Waals surface area contributed by atoms with E-state index in [2.05, 4.69) is 48.4 Å². The topological polar surface area (TPSA) is 116 Å². The van der Waals surface area contributed by atoms with Gasteiger partial charge in [0.15, 0.2) is 17.1 Å². The van der Waals surface area contributed by atoms with E-state index in [0.29, 0.717) is 28.0 Å². The van der Waals surface area contributed by atoms with Crippen LogP contribution in [0.1, 0.15) is 77.7 Å². The average molecular weight is 588 g/mol. The number of carbonyl (C=O) groups excluding carboxylic acids is 3. The number of hydrogen-bond donors (Lipinski definition) is 1. The quantitative estimate of drug-likeness (QED) is 0.250. The number of aromatic nitrogens is 3. The third-order valence-corrected chi connectivity index (χ3v) is 8.34. The number of carbonyl (C=O) groups is 3. The lowest BCUT2D eigenvalue weighted by Gasteiger charge is -2.20. The van der Waals surface area contributed by atoms with E-state index in [0.717, 1.165) is 17.1 Å². The van der Waals surface area contributed by atoms with Crippen LogP contribution < -0.4 is 10.1 Å². The molecular formula is C28H37N5O5S2. The summed E-state index contributed by atoms with van der Waals surface area (Å²) >= 11 is 2.28. The SMILES string of the molecule is CCn1c(SCC(=O)Nc2sc(C(=O)N(C)C)c(C)c2C(=O)OC)nnc1C(C)Oc1ccc(C(C)(C)C)cc1. The van der Waals surface area contributed by atoms with Crippen LogP contribution in [-0.2, 0) is 21.5 Å². The van der Waals surface area contributed by atoms with E-state index >= 15 is 0 Å². The molecule has 216 valence electrons. The van der Waals surface area contributed by atoms with Crippen LogP contribution in [0.15, 0.2) is 29.4 Å². The molecule has 1 unspecified atom stereocenters. The van der Waals surface area contributed by atoms with Crippen LogP contribution in [0.4, 0.5) is 5.00 Å². The summed E-state index contributed by atoms with van der Waals surface area (Å²) in [7, 11) is 4.51. The maximum atomic E-state index is 12.9. The number of nitrogens with zero attached hydrogens (tertiary/aromatic N) is 4. The first kappa shape index (κ1) is 31.2. The summed E-state index contributed by atoms with van der Waals surface area (Å²) < 4.78 is 12.9. The molecule has 0 spiro atoms. The monoisotopic (exact) mass is 587 g/mol. The van der Waals surface area contributed by atoms with E-state index in [1.165, 1.54) is 29.3 Å². The summed E-state index contributed by atoms with van der Waals surface area (Å²) in [6.07, 6.45) is -0.361. The third-order valence-electron chi connectivity index (χ3n) is 6.18. The van der Waals surface area contributed by atoms with Crippen molar-refractivity contribution in [3.63, 3.8) is 0 Å². The van der Waals surface area contributed by atoms with Gasteiger partial charge in [0.2, 0.25) is 5.91 Å². The van der Waals surface area contributed by atoms with Gasteiger partial charge in [0, 0.05) is 20.6 Å². The van der Waals surface area contributed by atoms with Crippen molar-refractivity contribution in [3.05, 3.63) is 51.7 Å². The summed E-state index contributed by atoms with van der Waals surface area (Å²) in [6, 6.07) is 8.03. The first-order valence-corrected chi connectivity index (χ1v) is 14.6. The zero-order valence-electron chi connectivity index (χ0n) is 24.4. The predicted octanol–water partition coefficient (Wildman–Crippen LogP) is 5.32. The molecule has 10 nitrogen and oxygen atoms in total. The van der Waals surface area contributed by atoms with Gasteiger partial charge in [0.05, 0.1) is 23.3 Å². The summed E-state index contributed by atoms with van der Waals surface area (Å²) in [5.74, 6) is 0.185. The minimum Gasteiger partial charge on any atom is -0.483 e. The lowest BCUT2D eigenvalue weighted by atomic mass is 9.87. The van der Waals surface area contributed by atoms with Gasteiger partial charge in [-0.2, -0.15) is 0 Å². The second-order valence-electron chi connectivity index (χ2n) is 10.4. The van der Waals surface area contributed by atoms with Crippen LogP contribution in [-0.4, -0.2) is 64.4 Å². The molecule has 1 N–H and O–H groups in total. The molecule has 3 rings (SSSR count). The van der Waals surface area contributed by atoms with Crippen molar-refractivity contribution in [3.8, 4) is 5.75 Å². The minimum atomic E-state index is -0.619. The van der Waals surface area contributed by atoms with Crippen LogP contribution in [0, 0.1) is 6.92 Å². The fourth-order valence-corrected chi connectivity index (χ4v) is 5.99. The number of nitrogens with one attached hydrogen (secondary N) is 1. The van der Waals surface area contributed by atoms with Gasteiger partial charge in [-0.3, -0.25) is 9.59 Å². The van der Waals surface area contributed by atoms with Gasteiger partial charge in [-0.05, 0) is 49.4 Å². The Labute approximate surface area is 243 Å². The maximum absolute atomic E-state index is 12.9. The lowest BCUT2D eigenvalue weighted by molar-refractivity contribution is -0.113. The van der Waals surface area contributed by atoms with Crippen molar-refractivity contribution in [1.29, 1.82) is 0 Å². The Morgan fingerprint density at radius 1 is 1.15 bits per heavy atom. The number of amides is 2. The highest BCUT2D eigenvalue weighted by Crippen LogP contribution is 2.35.